The monoisotopic (exact) mass is 714 g/mol. The fourth-order valence-corrected chi connectivity index (χ4v) is 4.19. The van der Waals surface area contributed by atoms with Gasteiger partial charge in [0.15, 0.2) is 17.9 Å². The van der Waals surface area contributed by atoms with Crippen molar-refractivity contribution in [3.8, 4) is 0 Å². The zero-order valence-corrected chi connectivity index (χ0v) is 28.2. The Morgan fingerprint density at radius 3 is 1.33 bits per heavy atom. The first-order valence-electron chi connectivity index (χ1n) is 14.8. The summed E-state index contributed by atoms with van der Waals surface area (Å²) >= 11 is 0. The molecular formula is C34H30N6O12. The summed E-state index contributed by atoms with van der Waals surface area (Å²) in [7, 11) is 3.38. The lowest BCUT2D eigenvalue weighted by atomic mass is 10.1. The fraction of sp³-hybridized carbons (Fsp3) is 0.206. The van der Waals surface area contributed by atoms with Crippen molar-refractivity contribution in [2.45, 2.75) is 25.9 Å². The van der Waals surface area contributed by atoms with Gasteiger partial charge in [0, 0.05) is 16.9 Å². The summed E-state index contributed by atoms with van der Waals surface area (Å²) < 4.78 is 14.1. The molecule has 3 rings (SSSR count). The van der Waals surface area contributed by atoms with Gasteiger partial charge >= 0.3 is 17.9 Å². The van der Waals surface area contributed by atoms with Crippen molar-refractivity contribution >= 4 is 76.1 Å². The smallest absolute Gasteiger partial charge is 0.340 e. The first-order chi connectivity index (χ1) is 24.7. The number of anilines is 2. The van der Waals surface area contributed by atoms with E-state index in [-0.39, 0.29) is 51.3 Å². The van der Waals surface area contributed by atoms with Crippen LogP contribution in [0.1, 0.15) is 55.3 Å². The Labute approximate surface area is 294 Å². The number of aldehydes is 1. The Balaban J connectivity index is 1.78. The molecule has 268 valence electrons. The van der Waals surface area contributed by atoms with Crippen LogP contribution in [0.25, 0.3) is 0 Å². The second kappa shape index (κ2) is 18.0. The van der Waals surface area contributed by atoms with Crippen molar-refractivity contribution in [2.75, 3.05) is 32.0 Å². The summed E-state index contributed by atoms with van der Waals surface area (Å²) in [5.74, 6) is -6.58. The normalized spacial score (nSPS) is 11.9. The van der Waals surface area contributed by atoms with Gasteiger partial charge in [0.1, 0.15) is 11.4 Å². The predicted molar refractivity (Wildman–Crippen MR) is 179 cm³/mol. The van der Waals surface area contributed by atoms with E-state index in [0.29, 0.717) is 0 Å². The molecule has 3 aromatic rings. The van der Waals surface area contributed by atoms with Crippen LogP contribution in [-0.4, -0.2) is 86.8 Å². The maximum atomic E-state index is 13.0. The third-order valence-corrected chi connectivity index (χ3v) is 6.87. The molecule has 0 saturated heterocycles. The molecular weight excluding hydrogens is 684 g/mol. The van der Waals surface area contributed by atoms with E-state index in [0.717, 1.165) is 41.2 Å². The lowest BCUT2D eigenvalue weighted by Crippen LogP contribution is -2.32. The first kappa shape index (κ1) is 39.3. The number of esters is 3. The Hall–Kier alpha value is -7.11. The number of benzene rings is 3. The molecule has 18 nitrogen and oxygen atoms in total. The molecule has 2 unspecified atom stereocenters. The predicted octanol–water partition coefficient (Wildman–Crippen LogP) is 3.79. The van der Waals surface area contributed by atoms with Crippen molar-refractivity contribution in [3.63, 3.8) is 0 Å². The number of carbonyl (C=O) groups is 9. The van der Waals surface area contributed by atoms with E-state index in [1.54, 1.807) is 0 Å². The molecule has 2 amide bonds. The van der Waals surface area contributed by atoms with E-state index in [1.165, 1.54) is 54.6 Å². The Morgan fingerprint density at radius 2 is 0.962 bits per heavy atom. The maximum absolute atomic E-state index is 13.0. The number of nitrogens with zero attached hydrogens (tertiary/aromatic N) is 4. The lowest BCUT2D eigenvalue weighted by molar-refractivity contribution is -0.127. The third-order valence-electron chi connectivity index (χ3n) is 6.87. The molecule has 0 aliphatic rings. The SMILES string of the molecule is COC(=O)c1ccc(C(=O)OC)c(/N=N/C(C(C)=O)C(=O)Nc2ccc(NC(=O)C(/N=N/c3cc(C(=O)C=O)ccc3C(=O)OC)C(C)=O)cc2)c1. The number of amides is 2. The number of rotatable bonds is 15. The zero-order chi connectivity index (χ0) is 38.5. The quantitative estimate of drug-likeness (QED) is 0.0434. The van der Waals surface area contributed by atoms with Gasteiger partial charge in [0.05, 0.1) is 38.0 Å². The average Bonchev–Trinajstić information content (AvgIpc) is 3.13. The van der Waals surface area contributed by atoms with Crippen LogP contribution in [0.5, 0.6) is 0 Å². The molecule has 18 heteroatoms. The van der Waals surface area contributed by atoms with Crippen LogP contribution in [0.15, 0.2) is 81.1 Å². The maximum Gasteiger partial charge on any atom is 0.340 e. The second-order valence-electron chi connectivity index (χ2n) is 10.4. The highest BCUT2D eigenvalue weighted by molar-refractivity contribution is 6.33. The lowest BCUT2D eigenvalue weighted by Gasteiger charge is -2.12. The van der Waals surface area contributed by atoms with Crippen molar-refractivity contribution in [2.24, 2.45) is 20.5 Å². The van der Waals surface area contributed by atoms with Crippen molar-refractivity contribution in [3.05, 3.63) is 82.9 Å². The summed E-state index contributed by atoms with van der Waals surface area (Å²) in [6.07, 6.45) is 0.0580. The van der Waals surface area contributed by atoms with Crippen LogP contribution >= 0.6 is 0 Å². The molecule has 0 saturated carbocycles. The molecule has 0 aliphatic heterocycles. The van der Waals surface area contributed by atoms with Crippen molar-refractivity contribution in [1.82, 2.24) is 0 Å². The highest BCUT2D eigenvalue weighted by Gasteiger charge is 2.26. The number of azo groups is 2. The fourth-order valence-electron chi connectivity index (χ4n) is 4.19. The van der Waals surface area contributed by atoms with E-state index < -0.39 is 59.2 Å². The molecule has 52 heavy (non-hydrogen) atoms. The number of nitrogens with one attached hydrogen (secondary N) is 2. The summed E-state index contributed by atoms with van der Waals surface area (Å²) in [6.45, 7) is 2.17. The van der Waals surface area contributed by atoms with Crippen molar-refractivity contribution < 1.29 is 57.4 Å². The molecule has 3 aromatic carbocycles. The van der Waals surface area contributed by atoms with Crippen LogP contribution < -0.4 is 10.6 Å². The van der Waals surface area contributed by atoms with E-state index in [4.69, 9.17) is 4.74 Å². The standard InChI is InChI=1S/C34H30N6O12/c1-17(42)28(39-37-25-14-19(27(44)16-41)6-12-23(25)33(48)51-4)30(45)35-21-8-10-22(11-9-21)36-31(46)29(18(2)43)40-38-26-15-20(32(47)50-3)7-13-24(26)34(49)52-5/h6-16,28-29H,1-5H3,(H,35,45)(H,36,46)/b39-37+,40-38+. The van der Waals surface area contributed by atoms with Crippen LogP contribution in [-0.2, 0) is 38.2 Å². The van der Waals surface area contributed by atoms with Gasteiger partial charge in [0.2, 0.25) is 17.9 Å². The summed E-state index contributed by atoms with van der Waals surface area (Å²) in [4.78, 5) is 110. The van der Waals surface area contributed by atoms with Crippen LogP contribution in [0.2, 0.25) is 0 Å². The molecule has 2 atom stereocenters. The minimum absolute atomic E-state index is 0.0177. The Kier molecular flexibility index (Phi) is 13.6. The largest absolute Gasteiger partial charge is 0.465 e. The van der Waals surface area contributed by atoms with Crippen LogP contribution in [0, 0.1) is 0 Å². The highest BCUT2D eigenvalue weighted by Crippen LogP contribution is 2.25. The van der Waals surface area contributed by atoms with Gasteiger partial charge in [-0.05, 0) is 74.5 Å². The number of hydrogen-bond acceptors (Lipinski definition) is 16. The Bertz CT molecular complexity index is 2010. The van der Waals surface area contributed by atoms with E-state index in [1.807, 2.05) is 0 Å². The third kappa shape index (κ3) is 9.97. The number of ketones is 3. The van der Waals surface area contributed by atoms with E-state index in [9.17, 15) is 43.2 Å². The average molecular weight is 715 g/mol. The molecule has 0 bridgehead atoms. The summed E-state index contributed by atoms with van der Waals surface area (Å²) in [5.41, 5.74) is -0.437. The molecule has 0 aromatic heterocycles. The number of hydrogen-bond donors (Lipinski definition) is 2. The number of carbonyl (C=O) groups excluding carboxylic acids is 9. The van der Waals surface area contributed by atoms with Crippen LogP contribution in [0.4, 0.5) is 22.7 Å². The van der Waals surface area contributed by atoms with Gasteiger partial charge in [-0.1, -0.05) is 0 Å². The summed E-state index contributed by atoms with van der Waals surface area (Å²) in [5, 5.41) is 20.2. The van der Waals surface area contributed by atoms with Gasteiger partial charge < -0.3 is 24.8 Å². The molecule has 0 radical (unpaired) electrons. The van der Waals surface area contributed by atoms with Gasteiger partial charge in [0.25, 0.3) is 11.8 Å². The first-order valence-corrected chi connectivity index (χ1v) is 14.8. The van der Waals surface area contributed by atoms with E-state index in [2.05, 4.69) is 40.6 Å². The van der Waals surface area contributed by atoms with Crippen LogP contribution in [0.3, 0.4) is 0 Å². The minimum atomic E-state index is -1.70. The molecule has 0 aliphatic carbocycles. The molecule has 0 heterocycles. The van der Waals surface area contributed by atoms with Crippen molar-refractivity contribution in [1.29, 1.82) is 0 Å². The van der Waals surface area contributed by atoms with Gasteiger partial charge in [-0.25, -0.2) is 14.4 Å². The molecule has 2 N–H and O–H groups in total. The highest BCUT2D eigenvalue weighted by atomic mass is 16.5. The Morgan fingerprint density at radius 1 is 0.577 bits per heavy atom. The van der Waals surface area contributed by atoms with Gasteiger partial charge in [-0.15, -0.1) is 0 Å². The number of ether oxygens (including phenoxy) is 3. The number of Topliss-reactive ketones (excluding diaryl/α,β-unsaturated/α-hetero) is 3. The van der Waals surface area contributed by atoms with E-state index >= 15 is 0 Å². The van der Waals surface area contributed by atoms with Gasteiger partial charge in [-0.2, -0.15) is 20.5 Å². The summed E-state index contributed by atoms with van der Waals surface area (Å²) in [6, 6.07) is 9.23. The molecule has 0 fully saturated rings. The molecule has 0 spiro atoms. The second-order valence-corrected chi connectivity index (χ2v) is 10.4. The zero-order valence-electron chi connectivity index (χ0n) is 28.2. The topological polar surface area (TPSA) is 255 Å². The van der Waals surface area contributed by atoms with Gasteiger partial charge in [-0.3, -0.25) is 28.8 Å². The number of methoxy groups -OCH3 is 3. The minimum Gasteiger partial charge on any atom is -0.465 e.